The van der Waals surface area contributed by atoms with Crippen LogP contribution in [-0.4, -0.2) is 37.0 Å². The van der Waals surface area contributed by atoms with E-state index < -0.39 is 5.60 Å². The van der Waals surface area contributed by atoms with Gasteiger partial charge in [-0.1, -0.05) is 18.9 Å². The zero-order chi connectivity index (χ0) is 17.3. The van der Waals surface area contributed by atoms with Gasteiger partial charge in [0.2, 0.25) is 5.95 Å². The SMILES string of the molecule is Cc1ccc(-c2nnc(N[C@@H]3CCCC[C@@]3(C)O)nc2C)c(O)c1. The second-order valence-corrected chi connectivity index (χ2v) is 6.89. The molecule has 128 valence electrons. The van der Waals surface area contributed by atoms with E-state index >= 15 is 0 Å². The van der Waals surface area contributed by atoms with Crippen LogP contribution in [0.15, 0.2) is 18.2 Å². The molecule has 2 atom stereocenters. The number of benzene rings is 1. The zero-order valence-electron chi connectivity index (χ0n) is 14.4. The van der Waals surface area contributed by atoms with Crippen molar-refractivity contribution in [2.24, 2.45) is 0 Å². The van der Waals surface area contributed by atoms with Crippen molar-refractivity contribution in [2.45, 2.75) is 58.1 Å². The van der Waals surface area contributed by atoms with E-state index in [1.165, 1.54) is 0 Å². The van der Waals surface area contributed by atoms with Crippen molar-refractivity contribution in [1.29, 1.82) is 0 Å². The number of rotatable bonds is 3. The maximum absolute atomic E-state index is 10.5. The van der Waals surface area contributed by atoms with Gasteiger partial charge >= 0.3 is 0 Å². The summed E-state index contributed by atoms with van der Waals surface area (Å²) in [4.78, 5) is 4.47. The number of aromatic hydroxyl groups is 1. The Morgan fingerprint density at radius 1 is 1.21 bits per heavy atom. The molecule has 3 rings (SSSR count). The quantitative estimate of drug-likeness (QED) is 0.802. The number of nitrogens with one attached hydrogen (secondary N) is 1. The minimum absolute atomic E-state index is 0.0777. The number of hydrogen-bond acceptors (Lipinski definition) is 6. The summed E-state index contributed by atoms with van der Waals surface area (Å²) in [5, 5.41) is 32.2. The van der Waals surface area contributed by atoms with Crippen molar-refractivity contribution >= 4 is 5.95 Å². The molecule has 1 aliphatic carbocycles. The van der Waals surface area contributed by atoms with Gasteiger partial charge in [-0.25, -0.2) is 4.98 Å². The van der Waals surface area contributed by atoms with Gasteiger partial charge in [-0.2, -0.15) is 0 Å². The lowest BCUT2D eigenvalue weighted by atomic mass is 9.82. The van der Waals surface area contributed by atoms with Gasteiger partial charge in [-0.15, -0.1) is 10.2 Å². The Kier molecular flexibility index (Phi) is 4.41. The van der Waals surface area contributed by atoms with Crippen LogP contribution in [0.25, 0.3) is 11.3 Å². The average molecular weight is 328 g/mol. The third kappa shape index (κ3) is 3.33. The Labute approximate surface area is 142 Å². The highest BCUT2D eigenvalue weighted by atomic mass is 16.3. The van der Waals surface area contributed by atoms with Crippen LogP contribution in [-0.2, 0) is 0 Å². The highest BCUT2D eigenvalue weighted by Gasteiger charge is 2.34. The molecule has 1 fully saturated rings. The summed E-state index contributed by atoms with van der Waals surface area (Å²) in [6, 6.07) is 5.36. The van der Waals surface area contributed by atoms with E-state index in [-0.39, 0.29) is 11.8 Å². The van der Waals surface area contributed by atoms with Crippen molar-refractivity contribution in [3.63, 3.8) is 0 Å². The maximum Gasteiger partial charge on any atom is 0.243 e. The molecule has 0 amide bonds. The number of aliphatic hydroxyl groups is 1. The molecule has 0 radical (unpaired) electrons. The van der Waals surface area contributed by atoms with Crippen LogP contribution in [0.2, 0.25) is 0 Å². The van der Waals surface area contributed by atoms with Crippen molar-refractivity contribution < 1.29 is 10.2 Å². The molecule has 1 heterocycles. The number of phenols is 1. The lowest BCUT2D eigenvalue weighted by molar-refractivity contribution is 0.0103. The monoisotopic (exact) mass is 328 g/mol. The van der Waals surface area contributed by atoms with Crippen molar-refractivity contribution in [3.8, 4) is 17.0 Å². The number of anilines is 1. The van der Waals surface area contributed by atoms with Crippen molar-refractivity contribution in [3.05, 3.63) is 29.5 Å². The van der Waals surface area contributed by atoms with E-state index in [0.717, 1.165) is 31.2 Å². The van der Waals surface area contributed by atoms with E-state index in [0.29, 0.717) is 22.9 Å². The second kappa shape index (κ2) is 6.36. The van der Waals surface area contributed by atoms with Crippen LogP contribution < -0.4 is 5.32 Å². The van der Waals surface area contributed by atoms with Crippen LogP contribution in [0.1, 0.15) is 43.9 Å². The van der Waals surface area contributed by atoms with Crippen LogP contribution in [0.3, 0.4) is 0 Å². The summed E-state index contributed by atoms with van der Waals surface area (Å²) < 4.78 is 0. The second-order valence-electron chi connectivity index (χ2n) is 6.89. The first-order chi connectivity index (χ1) is 11.4. The Bertz CT molecular complexity index is 746. The smallest absolute Gasteiger partial charge is 0.243 e. The number of aromatic nitrogens is 3. The first-order valence-electron chi connectivity index (χ1n) is 8.37. The first-order valence-corrected chi connectivity index (χ1v) is 8.37. The van der Waals surface area contributed by atoms with Gasteiger partial charge in [0.15, 0.2) is 0 Å². The fraction of sp³-hybridized carbons (Fsp3) is 0.500. The largest absolute Gasteiger partial charge is 0.507 e. The van der Waals surface area contributed by atoms with E-state index in [9.17, 15) is 10.2 Å². The van der Waals surface area contributed by atoms with Gasteiger partial charge in [0.05, 0.1) is 17.3 Å². The topological polar surface area (TPSA) is 91.2 Å². The van der Waals surface area contributed by atoms with Crippen molar-refractivity contribution in [2.75, 3.05) is 5.32 Å². The van der Waals surface area contributed by atoms with Gasteiger partial charge in [-0.3, -0.25) is 0 Å². The van der Waals surface area contributed by atoms with Crippen LogP contribution in [0.4, 0.5) is 5.95 Å². The molecule has 6 nitrogen and oxygen atoms in total. The standard InChI is InChI=1S/C18H24N4O2/c1-11-7-8-13(14(23)10-11)16-12(2)19-17(22-21-16)20-15-6-4-5-9-18(15,3)24/h7-8,10,15,23-24H,4-6,9H2,1-3H3,(H,19,20,22)/t15-,18-/m1/s1. The van der Waals surface area contributed by atoms with Crippen LogP contribution in [0, 0.1) is 13.8 Å². The molecule has 0 unspecified atom stereocenters. The van der Waals surface area contributed by atoms with Gasteiger partial charge in [0, 0.05) is 5.56 Å². The predicted molar refractivity (Wildman–Crippen MR) is 92.9 cm³/mol. The number of hydrogen-bond donors (Lipinski definition) is 3. The first kappa shape index (κ1) is 16.6. The molecule has 1 aromatic heterocycles. The number of nitrogens with zero attached hydrogens (tertiary/aromatic N) is 3. The highest BCUT2D eigenvalue weighted by molar-refractivity contribution is 5.68. The molecular weight excluding hydrogens is 304 g/mol. The highest BCUT2D eigenvalue weighted by Crippen LogP contribution is 2.32. The fourth-order valence-electron chi connectivity index (χ4n) is 3.26. The van der Waals surface area contributed by atoms with Gasteiger partial charge in [-0.05, 0) is 51.3 Å². The summed E-state index contributed by atoms with van der Waals surface area (Å²) in [5.74, 6) is 0.583. The molecule has 0 bridgehead atoms. The molecule has 0 aliphatic heterocycles. The molecule has 24 heavy (non-hydrogen) atoms. The van der Waals surface area contributed by atoms with E-state index in [4.69, 9.17) is 0 Å². The molecule has 2 aromatic rings. The molecule has 3 N–H and O–H groups in total. The van der Waals surface area contributed by atoms with Gasteiger partial charge in [0.1, 0.15) is 11.4 Å². The van der Waals surface area contributed by atoms with E-state index in [1.54, 1.807) is 6.07 Å². The van der Waals surface area contributed by atoms with Gasteiger partial charge < -0.3 is 15.5 Å². The fourth-order valence-corrected chi connectivity index (χ4v) is 3.26. The Hall–Kier alpha value is -2.21. The summed E-state index contributed by atoms with van der Waals surface area (Å²) in [6.07, 6.45) is 3.77. The van der Waals surface area contributed by atoms with Crippen LogP contribution in [0.5, 0.6) is 5.75 Å². The summed E-state index contributed by atoms with van der Waals surface area (Å²) in [5.41, 5.74) is 2.08. The lowest BCUT2D eigenvalue weighted by Gasteiger charge is -2.37. The van der Waals surface area contributed by atoms with Crippen LogP contribution >= 0.6 is 0 Å². The summed E-state index contributed by atoms with van der Waals surface area (Å²) >= 11 is 0. The zero-order valence-corrected chi connectivity index (χ0v) is 14.4. The third-order valence-corrected chi connectivity index (χ3v) is 4.75. The molecular formula is C18H24N4O2. The average Bonchev–Trinajstić information content (AvgIpc) is 2.50. The minimum atomic E-state index is -0.761. The summed E-state index contributed by atoms with van der Waals surface area (Å²) in [7, 11) is 0. The normalized spacial score (nSPS) is 23.9. The number of aryl methyl sites for hydroxylation is 2. The Morgan fingerprint density at radius 2 is 2.00 bits per heavy atom. The van der Waals surface area contributed by atoms with Gasteiger partial charge in [0.25, 0.3) is 0 Å². The summed E-state index contributed by atoms with van der Waals surface area (Å²) in [6.45, 7) is 5.61. The molecule has 1 saturated carbocycles. The molecule has 1 aromatic carbocycles. The van der Waals surface area contributed by atoms with Crippen molar-refractivity contribution in [1.82, 2.24) is 15.2 Å². The molecule has 0 spiro atoms. The Balaban J connectivity index is 1.85. The molecule has 6 heteroatoms. The Morgan fingerprint density at radius 3 is 2.67 bits per heavy atom. The van der Waals surface area contributed by atoms with E-state index in [1.807, 2.05) is 32.9 Å². The minimum Gasteiger partial charge on any atom is -0.507 e. The van der Waals surface area contributed by atoms with E-state index in [2.05, 4.69) is 20.5 Å². The lowest BCUT2D eigenvalue weighted by Crippen LogP contribution is -2.47. The third-order valence-electron chi connectivity index (χ3n) is 4.75. The molecule has 0 saturated heterocycles. The maximum atomic E-state index is 10.5. The predicted octanol–water partition coefficient (Wildman–Crippen LogP) is 2.97. The number of phenolic OH excluding ortho intramolecular Hbond substituents is 1. The molecule has 1 aliphatic rings.